The zero-order valence-corrected chi connectivity index (χ0v) is 26.3. The van der Waals surface area contributed by atoms with Gasteiger partial charge in [0.25, 0.3) is 11.5 Å². The molecule has 1 aliphatic rings. The van der Waals surface area contributed by atoms with Crippen LogP contribution in [0.2, 0.25) is 0 Å². The molecule has 0 atom stereocenters. The third-order valence-electron chi connectivity index (χ3n) is 8.23. The van der Waals surface area contributed by atoms with Gasteiger partial charge >= 0.3 is 0 Å². The quantitative estimate of drug-likeness (QED) is 0.296. The highest BCUT2D eigenvalue weighted by Gasteiger charge is 2.27. The molecule has 4 heterocycles. The van der Waals surface area contributed by atoms with Gasteiger partial charge in [0.15, 0.2) is 0 Å². The van der Waals surface area contributed by atoms with Crippen LogP contribution in [0.4, 0.5) is 14.5 Å². The molecule has 0 radical (unpaired) electrons. The van der Waals surface area contributed by atoms with Crippen molar-refractivity contribution in [1.82, 2.24) is 14.5 Å². The average molecular weight is 645 g/mol. The number of aromatic nitrogens is 2. The van der Waals surface area contributed by atoms with Crippen molar-refractivity contribution in [2.45, 2.75) is 20.0 Å². The van der Waals surface area contributed by atoms with E-state index in [4.69, 9.17) is 4.42 Å². The minimum atomic E-state index is -3.81. The Morgan fingerprint density at radius 3 is 2.37 bits per heavy atom. The van der Waals surface area contributed by atoms with Crippen molar-refractivity contribution in [3.05, 3.63) is 99.1 Å². The fourth-order valence-electron chi connectivity index (χ4n) is 5.85. The van der Waals surface area contributed by atoms with E-state index in [0.29, 0.717) is 57.1 Å². The second-order valence-corrected chi connectivity index (χ2v) is 13.0. The molecule has 0 aliphatic carbocycles. The standard InChI is InChI=1S/C34H30F2N4O5S/c1-6-7-26(36)23-17-29-28-14-21(15-31(41)40(28)13-12-39(29)19(23)2)24-16-25-30(18-27(24)38(4)46(5,43)44)45-33(32(25)34(42)37-3)20-8-10-22(35)11-9-20/h6-11,14-18H,2,12-13H2,1,3-5H3,(H,37,42). The average Bonchev–Trinajstić information content (AvgIpc) is 3.57. The number of halogens is 2. The van der Waals surface area contributed by atoms with E-state index >= 15 is 0 Å². The Morgan fingerprint density at radius 1 is 1.04 bits per heavy atom. The van der Waals surface area contributed by atoms with Gasteiger partial charge in [-0.15, -0.1) is 0 Å². The first-order chi connectivity index (χ1) is 21.8. The number of nitrogens with one attached hydrogen (secondary N) is 1. The molecule has 46 heavy (non-hydrogen) atoms. The summed E-state index contributed by atoms with van der Waals surface area (Å²) in [5.41, 5.74) is 2.43. The molecule has 0 fully saturated rings. The van der Waals surface area contributed by atoms with E-state index in [0.717, 1.165) is 10.6 Å². The molecule has 0 spiro atoms. The summed E-state index contributed by atoms with van der Waals surface area (Å²) in [7, 11) is -0.968. The number of amides is 1. The molecule has 1 aliphatic heterocycles. The second-order valence-electron chi connectivity index (χ2n) is 11.0. The van der Waals surface area contributed by atoms with Gasteiger partial charge in [-0.05, 0) is 61.0 Å². The van der Waals surface area contributed by atoms with E-state index < -0.39 is 27.6 Å². The molecule has 236 valence electrons. The fraction of sp³-hybridized carbons (Fsp3) is 0.176. The van der Waals surface area contributed by atoms with Crippen molar-refractivity contribution in [2.75, 3.05) is 24.7 Å². The maximum Gasteiger partial charge on any atom is 0.255 e. The molecule has 1 amide bonds. The molecule has 0 saturated heterocycles. The van der Waals surface area contributed by atoms with Gasteiger partial charge in [-0.25, -0.2) is 17.2 Å². The van der Waals surface area contributed by atoms with Gasteiger partial charge in [0.2, 0.25) is 10.0 Å². The number of hydrogen-bond acceptors (Lipinski definition) is 5. The maximum atomic E-state index is 14.9. The lowest BCUT2D eigenvalue weighted by atomic mass is 9.98. The molecule has 0 unspecified atom stereocenters. The Bertz CT molecular complexity index is 2390. The Morgan fingerprint density at radius 2 is 1.72 bits per heavy atom. The number of rotatable bonds is 6. The zero-order valence-electron chi connectivity index (χ0n) is 25.5. The van der Waals surface area contributed by atoms with Crippen LogP contribution in [0.15, 0.2) is 76.0 Å². The number of nitrogens with zero attached hydrogens (tertiary/aromatic N) is 3. The number of furan rings is 1. The highest BCUT2D eigenvalue weighted by atomic mass is 32.2. The summed E-state index contributed by atoms with van der Waals surface area (Å²) in [5.74, 6) is -1.24. The first kappa shape index (κ1) is 30.8. The Kier molecular flexibility index (Phi) is 7.55. The minimum absolute atomic E-state index is 0.156. The van der Waals surface area contributed by atoms with Gasteiger partial charge in [-0.1, -0.05) is 12.7 Å². The molecule has 6 rings (SSSR count). The first-order valence-corrected chi connectivity index (χ1v) is 16.2. The van der Waals surface area contributed by atoms with Gasteiger partial charge in [0.05, 0.1) is 28.9 Å². The largest absolute Gasteiger partial charge is 0.455 e. The van der Waals surface area contributed by atoms with Gasteiger partial charge in [0.1, 0.15) is 23.0 Å². The lowest BCUT2D eigenvalue weighted by Gasteiger charge is -2.24. The summed E-state index contributed by atoms with van der Waals surface area (Å²) < 4.78 is 65.0. The van der Waals surface area contributed by atoms with Crippen LogP contribution in [0.5, 0.6) is 0 Å². The summed E-state index contributed by atoms with van der Waals surface area (Å²) in [6.07, 6.45) is 3.98. The third-order valence-corrected chi connectivity index (χ3v) is 9.42. The van der Waals surface area contributed by atoms with Crippen LogP contribution in [0, 0.1) is 5.82 Å². The molecular formula is C34H30F2N4O5S. The number of allylic oxidation sites excluding steroid dienone is 2. The Labute approximate surface area is 263 Å². The summed E-state index contributed by atoms with van der Waals surface area (Å²) in [5, 5.41) is 3.74. The number of sulfonamides is 1. The van der Waals surface area contributed by atoms with Crippen LogP contribution in [0.1, 0.15) is 17.3 Å². The van der Waals surface area contributed by atoms with Crippen molar-refractivity contribution in [2.24, 2.45) is 0 Å². The predicted octanol–water partition coefficient (Wildman–Crippen LogP) is 4.37. The molecule has 9 nitrogen and oxygen atoms in total. The number of carbonyl (C=O) groups is 1. The summed E-state index contributed by atoms with van der Waals surface area (Å²) in [4.78, 5) is 26.8. The summed E-state index contributed by atoms with van der Waals surface area (Å²) >= 11 is 0. The van der Waals surface area contributed by atoms with Crippen molar-refractivity contribution < 1.29 is 26.4 Å². The SMILES string of the molecule is C=c1c(=C(F)C=CC)cc2n1CCn1c-2cc(-c2cc3c(C(=O)NC)c(-c4ccc(F)cc4)oc3cc2N(C)S(C)(=O)=O)cc1=O. The summed E-state index contributed by atoms with van der Waals surface area (Å²) in [6.45, 7) is 6.52. The van der Waals surface area contributed by atoms with Crippen LogP contribution in [0.25, 0.3) is 57.2 Å². The van der Waals surface area contributed by atoms with E-state index in [2.05, 4.69) is 11.9 Å². The van der Waals surface area contributed by atoms with Crippen LogP contribution in [0.3, 0.4) is 0 Å². The van der Waals surface area contributed by atoms with E-state index in [9.17, 15) is 26.8 Å². The second kappa shape index (κ2) is 11.3. The number of carbonyl (C=O) groups excluding carboxylic acids is 1. The molecule has 1 N–H and O–H groups in total. The number of pyridine rings is 1. The van der Waals surface area contributed by atoms with E-state index in [1.165, 1.54) is 56.6 Å². The third kappa shape index (κ3) is 5.04. The van der Waals surface area contributed by atoms with Gasteiger partial charge in [-0.2, -0.15) is 0 Å². The molecule has 2 aromatic carbocycles. The lowest BCUT2D eigenvalue weighted by Crippen LogP contribution is -2.34. The topological polar surface area (TPSA) is 107 Å². The number of benzene rings is 2. The Balaban J connectivity index is 1.67. The number of anilines is 1. The molecule has 3 aromatic heterocycles. The lowest BCUT2D eigenvalue weighted by molar-refractivity contribution is 0.0964. The van der Waals surface area contributed by atoms with Crippen LogP contribution < -0.4 is 25.7 Å². The first-order valence-electron chi connectivity index (χ1n) is 14.3. The normalized spacial score (nSPS) is 13.5. The van der Waals surface area contributed by atoms with E-state index in [-0.39, 0.29) is 28.2 Å². The summed E-state index contributed by atoms with van der Waals surface area (Å²) in [6, 6.07) is 13.3. The van der Waals surface area contributed by atoms with E-state index in [1.807, 2.05) is 4.57 Å². The van der Waals surface area contributed by atoms with E-state index in [1.54, 1.807) is 35.8 Å². The van der Waals surface area contributed by atoms with Crippen LogP contribution in [-0.2, 0) is 23.1 Å². The molecular weight excluding hydrogens is 614 g/mol. The Hall–Kier alpha value is -5.23. The predicted molar refractivity (Wildman–Crippen MR) is 175 cm³/mol. The molecule has 0 saturated carbocycles. The van der Waals surface area contributed by atoms with Crippen molar-refractivity contribution in [1.29, 1.82) is 0 Å². The monoisotopic (exact) mass is 644 g/mol. The highest BCUT2D eigenvalue weighted by molar-refractivity contribution is 7.92. The highest BCUT2D eigenvalue weighted by Crippen LogP contribution is 2.41. The fourth-order valence-corrected chi connectivity index (χ4v) is 6.36. The minimum Gasteiger partial charge on any atom is -0.455 e. The number of hydrogen-bond donors (Lipinski definition) is 1. The van der Waals surface area contributed by atoms with Gasteiger partial charge in [0, 0.05) is 66.4 Å². The van der Waals surface area contributed by atoms with Gasteiger partial charge in [-0.3, -0.25) is 13.9 Å². The van der Waals surface area contributed by atoms with Gasteiger partial charge < -0.3 is 18.9 Å². The zero-order chi connectivity index (χ0) is 33.1. The van der Waals surface area contributed by atoms with Crippen molar-refractivity contribution in [3.63, 3.8) is 0 Å². The van der Waals surface area contributed by atoms with Crippen molar-refractivity contribution in [3.8, 4) is 33.8 Å². The van der Waals surface area contributed by atoms with Crippen molar-refractivity contribution >= 4 is 45.0 Å². The molecule has 0 bridgehead atoms. The van der Waals surface area contributed by atoms with Crippen LogP contribution in [-0.4, -0.2) is 43.8 Å². The molecule has 5 aromatic rings. The number of fused-ring (bicyclic) bond motifs is 4. The maximum absolute atomic E-state index is 14.9. The smallest absolute Gasteiger partial charge is 0.255 e. The van der Waals surface area contributed by atoms with Crippen LogP contribution >= 0.6 is 0 Å². The molecule has 12 heteroatoms.